The smallest absolute Gasteiger partial charge is 0.327 e. The molecular weight excluding hydrogens is 473 g/mol. The van der Waals surface area contributed by atoms with E-state index in [4.69, 9.17) is 9.26 Å². The number of nitrogens with one attached hydrogen (secondary N) is 1. The number of halogens is 3. The van der Waals surface area contributed by atoms with E-state index in [0.717, 1.165) is 23.1 Å². The van der Waals surface area contributed by atoms with Crippen LogP contribution < -0.4 is 15.0 Å². The SMILES string of the molecule is COc1cccc(C2NC(=O)N(c3cc(F)cc(F)c3)C(C)=C2c2nc(-c3ccc(F)cc3)no2)c1. The summed E-state index contributed by atoms with van der Waals surface area (Å²) in [5.41, 5.74) is 1.90. The van der Waals surface area contributed by atoms with Gasteiger partial charge in [-0.25, -0.2) is 18.0 Å². The predicted octanol–water partition coefficient (Wildman–Crippen LogP) is 5.86. The molecule has 0 aliphatic carbocycles. The Balaban J connectivity index is 1.67. The number of hydrogen-bond donors (Lipinski definition) is 1. The Labute approximate surface area is 203 Å². The lowest BCUT2D eigenvalue weighted by Crippen LogP contribution is -2.46. The highest BCUT2D eigenvalue weighted by Crippen LogP contribution is 2.40. The van der Waals surface area contributed by atoms with Crippen molar-refractivity contribution in [3.05, 3.63) is 101 Å². The Bertz CT molecular complexity index is 1460. The maximum atomic E-state index is 14.0. The van der Waals surface area contributed by atoms with Gasteiger partial charge in [0, 0.05) is 17.3 Å². The van der Waals surface area contributed by atoms with Crippen molar-refractivity contribution in [2.75, 3.05) is 12.0 Å². The van der Waals surface area contributed by atoms with Gasteiger partial charge in [0.15, 0.2) is 0 Å². The maximum Gasteiger partial charge on any atom is 0.327 e. The molecule has 1 N–H and O–H groups in total. The van der Waals surface area contributed by atoms with Crippen molar-refractivity contribution in [1.29, 1.82) is 0 Å². The number of nitrogens with zero attached hydrogens (tertiary/aromatic N) is 3. The Morgan fingerprint density at radius 3 is 2.39 bits per heavy atom. The molecule has 10 heteroatoms. The zero-order chi connectivity index (χ0) is 25.4. The number of hydrogen-bond acceptors (Lipinski definition) is 5. The molecule has 1 aromatic heterocycles. The van der Waals surface area contributed by atoms with E-state index < -0.39 is 29.5 Å². The van der Waals surface area contributed by atoms with Crippen LogP contribution in [-0.4, -0.2) is 23.3 Å². The van der Waals surface area contributed by atoms with Gasteiger partial charge in [-0.15, -0.1) is 0 Å². The lowest BCUT2D eigenvalue weighted by molar-refractivity contribution is 0.244. The van der Waals surface area contributed by atoms with Crippen LogP contribution in [-0.2, 0) is 0 Å². The minimum Gasteiger partial charge on any atom is -0.497 e. The van der Waals surface area contributed by atoms with Crippen LogP contribution in [0.4, 0.5) is 23.7 Å². The van der Waals surface area contributed by atoms with E-state index in [2.05, 4.69) is 15.5 Å². The highest BCUT2D eigenvalue weighted by Gasteiger charge is 2.37. The molecule has 0 saturated carbocycles. The Morgan fingerprint density at radius 1 is 0.972 bits per heavy atom. The molecule has 0 bridgehead atoms. The number of ether oxygens (including phenoxy) is 1. The standard InChI is InChI=1S/C26H19F3N4O3/c1-14-22(25-31-24(32-36-25)15-6-8-17(27)9-7-15)23(16-4-3-5-21(10-16)35-2)30-26(34)33(14)20-12-18(28)11-19(29)13-20/h3-13,23H,1-2H3,(H,30,34). The van der Waals surface area contributed by atoms with Crippen LogP contribution in [0.15, 0.2) is 77.0 Å². The van der Waals surface area contributed by atoms with Crippen LogP contribution in [0.1, 0.15) is 24.4 Å². The monoisotopic (exact) mass is 492 g/mol. The van der Waals surface area contributed by atoms with Crippen molar-refractivity contribution in [2.24, 2.45) is 0 Å². The van der Waals surface area contributed by atoms with Crippen molar-refractivity contribution in [2.45, 2.75) is 13.0 Å². The van der Waals surface area contributed by atoms with E-state index in [1.165, 1.54) is 31.4 Å². The van der Waals surface area contributed by atoms with E-state index in [0.29, 0.717) is 28.1 Å². The van der Waals surface area contributed by atoms with Gasteiger partial charge in [0.05, 0.1) is 24.4 Å². The molecule has 0 radical (unpaired) electrons. The Kier molecular flexibility index (Phi) is 5.93. The topological polar surface area (TPSA) is 80.5 Å². The summed E-state index contributed by atoms with van der Waals surface area (Å²) >= 11 is 0. The second kappa shape index (κ2) is 9.21. The summed E-state index contributed by atoms with van der Waals surface area (Å²) in [6, 6.07) is 14.1. The van der Waals surface area contributed by atoms with Crippen LogP contribution in [0.3, 0.4) is 0 Å². The minimum absolute atomic E-state index is 0.0117. The quantitative estimate of drug-likeness (QED) is 0.377. The summed E-state index contributed by atoms with van der Waals surface area (Å²) in [6.07, 6.45) is 0. The second-order valence-corrected chi connectivity index (χ2v) is 8.05. The summed E-state index contributed by atoms with van der Waals surface area (Å²) in [4.78, 5) is 18.8. The molecule has 1 aliphatic rings. The van der Waals surface area contributed by atoms with Crippen LogP contribution in [0, 0.1) is 17.5 Å². The summed E-state index contributed by atoms with van der Waals surface area (Å²) in [5.74, 6) is -1.24. The fourth-order valence-electron chi connectivity index (χ4n) is 4.12. The van der Waals surface area contributed by atoms with Gasteiger partial charge in [-0.3, -0.25) is 4.90 Å². The molecule has 2 heterocycles. The zero-order valence-electron chi connectivity index (χ0n) is 19.1. The van der Waals surface area contributed by atoms with Crippen LogP contribution in [0.2, 0.25) is 0 Å². The van der Waals surface area contributed by atoms with Gasteiger partial charge in [-0.1, -0.05) is 17.3 Å². The minimum atomic E-state index is -0.835. The number of carbonyl (C=O) groups is 1. The number of carbonyl (C=O) groups excluding carboxylic acids is 1. The third kappa shape index (κ3) is 4.28. The van der Waals surface area contributed by atoms with Crippen LogP contribution in [0.5, 0.6) is 5.75 Å². The molecular formula is C26H19F3N4O3. The number of methoxy groups -OCH3 is 1. The molecule has 1 atom stereocenters. The van der Waals surface area contributed by atoms with Crippen LogP contribution in [0.25, 0.3) is 17.0 Å². The highest BCUT2D eigenvalue weighted by molar-refractivity contribution is 6.01. The lowest BCUT2D eigenvalue weighted by atomic mass is 9.94. The third-order valence-corrected chi connectivity index (χ3v) is 5.78. The molecule has 36 heavy (non-hydrogen) atoms. The summed E-state index contributed by atoms with van der Waals surface area (Å²) in [5, 5.41) is 6.87. The van der Waals surface area contributed by atoms with E-state index in [1.54, 1.807) is 31.2 Å². The first-order valence-electron chi connectivity index (χ1n) is 10.9. The fraction of sp³-hybridized carbons (Fsp3) is 0.115. The van der Waals surface area contributed by atoms with Crippen molar-refractivity contribution in [1.82, 2.24) is 15.5 Å². The largest absolute Gasteiger partial charge is 0.497 e. The third-order valence-electron chi connectivity index (χ3n) is 5.78. The Hall–Kier alpha value is -4.60. The molecule has 3 aromatic carbocycles. The Morgan fingerprint density at radius 2 is 1.69 bits per heavy atom. The normalized spacial score (nSPS) is 15.8. The molecule has 182 valence electrons. The van der Waals surface area contributed by atoms with Crippen molar-refractivity contribution >= 4 is 17.3 Å². The molecule has 0 spiro atoms. The van der Waals surface area contributed by atoms with Crippen molar-refractivity contribution in [3.63, 3.8) is 0 Å². The molecule has 2 amide bonds. The highest BCUT2D eigenvalue weighted by atomic mass is 19.1. The van der Waals surface area contributed by atoms with Gasteiger partial charge in [-0.2, -0.15) is 4.98 Å². The van der Waals surface area contributed by atoms with Gasteiger partial charge < -0.3 is 14.6 Å². The van der Waals surface area contributed by atoms with Crippen molar-refractivity contribution in [3.8, 4) is 17.1 Å². The average Bonchev–Trinajstić information content (AvgIpc) is 3.33. The van der Waals surface area contributed by atoms with Gasteiger partial charge in [0.2, 0.25) is 5.82 Å². The molecule has 5 rings (SSSR count). The number of rotatable bonds is 5. The summed E-state index contributed by atoms with van der Waals surface area (Å²) in [6.45, 7) is 1.62. The second-order valence-electron chi connectivity index (χ2n) is 8.05. The molecule has 1 aliphatic heterocycles. The zero-order valence-corrected chi connectivity index (χ0v) is 19.1. The number of amides is 2. The summed E-state index contributed by atoms with van der Waals surface area (Å²) in [7, 11) is 1.52. The number of anilines is 1. The molecule has 4 aromatic rings. The van der Waals surface area contributed by atoms with Gasteiger partial charge >= 0.3 is 6.03 Å². The van der Waals surface area contributed by atoms with E-state index in [-0.39, 0.29) is 17.4 Å². The number of urea groups is 1. The van der Waals surface area contributed by atoms with Gasteiger partial charge in [0.25, 0.3) is 5.89 Å². The first-order valence-corrected chi connectivity index (χ1v) is 10.9. The predicted molar refractivity (Wildman–Crippen MR) is 125 cm³/mol. The lowest BCUT2D eigenvalue weighted by Gasteiger charge is -2.35. The molecule has 7 nitrogen and oxygen atoms in total. The van der Waals surface area contributed by atoms with E-state index in [9.17, 15) is 18.0 Å². The average molecular weight is 492 g/mol. The van der Waals surface area contributed by atoms with Crippen LogP contribution >= 0.6 is 0 Å². The van der Waals surface area contributed by atoms with Gasteiger partial charge in [0.1, 0.15) is 23.2 Å². The molecule has 0 saturated heterocycles. The fourth-order valence-corrected chi connectivity index (χ4v) is 4.12. The van der Waals surface area contributed by atoms with Gasteiger partial charge in [-0.05, 0) is 61.0 Å². The maximum absolute atomic E-state index is 14.0. The summed E-state index contributed by atoms with van der Waals surface area (Å²) < 4.78 is 52.3. The number of allylic oxidation sites excluding steroid dienone is 1. The number of aromatic nitrogens is 2. The first kappa shape index (κ1) is 23.2. The number of benzene rings is 3. The van der Waals surface area contributed by atoms with E-state index in [1.807, 2.05) is 0 Å². The first-order chi connectivity index (χ1) is 17.3. The molecule has 0 fully saturated rings. The van der Waals surface area contributed by atoms with Crippen molar-refractivity contribution < 1.29 is 27.2 Å². The molecule has 1 unspecified atom stereocenters. The van der Waals surface area contributed by atoms with E-state index >= 15 is 0 Å².